The monoisotopic (exact) mass is 278 g/mol. The number of carbonyl (C=O) groups is 1. The summed E-state index contributed by atoms with van der Waals surface area (Å²) in [6, 6.07) is 5.56. The molecule has 0 aromatic heterocycles. The number of nitrogens with one attached hydrogen (secondary N) is 1. The molecule has 0 spiro atoms. The van der Waals surface area contributed by atoms with Gasteiger partial charge in [-0.3, -0.25) is 0 Å². The van der Waals surface area contributed by atoms with Crippen molar-refractivity contribution in [2.75, 3.05) is 26.1 Å². The molecule has 2 amide bonds. The van der Waals surface area contributed by atoms with Crippen molar-refractivity contribution < 1.29 is 14.3 Å². The number of benzene rings is 1. The lowest BCUT2D eigenvalue weighted by Gasteiger charge is -2.33. The Kier molecular flexibility index (Phi) is 4.71. The Hall–Kier alpha value is -1.91. The Morgan fingerprint density at radius 1 is 1.30 bits per heavy atom. The highest BCUT2D eigenvalue weighted by Gasteiger charge is 2.23. The number of anilines is 1. The number of nitrogens with zero attached hydrogens (tertiary/aromatic N) is 1. The van der Waals surface area contributed by atoms with Gasteiger partial charge in [0.15, 0.2) is 0 Å². The molecular weight excluding hydrogens is 256 g/mol. The zero-order chi connectivity index (χ0) is 14.5. The van der Waals surface area contributed by atoms with E-state index in [1.165, 1.54) is 6.42 Å². The zero-order valence-electron chi connectivity index (χ0n) is 12.3. The van der Waals surface area contributed by atoms with E-state index in [4.69, 9.17) is 9.47 Å². The first-order valence-electron chi connectivity index (χ1n) is 6.95. The summed E-state index contributed by atoms with van der Waals surface area (Å²) < 4.78 is 10.5. The summed E-state index contributed by atoms with van der Waals surface area (Å²) in [5.41, 5.74) is 0.634. The van der Waals surface area contributed by atoms with Crippen molar-refractivity contribution in [2.24, 2.45) is 0 Å². The SMILES string of the molecule is COc1ccc(OC)c(NC(=O)N2CCCC[C@H]2C)c1. The molecule has 1 atom stereocenters. The second-order valence-corrected chi connectivity index (χ2v) is 5.03. The van der Waals surface area contributed by atoms with Crippen LogP contribution in [0.5, 0.6) is 11.5 Å². The molecule has 1 N–H and O–H groups in total. The van der Waals surface area contributed by atoms with Gasteiger partial charge in [-0.1, -0.05) is 0 Å². The molecule has 1 aliphatic heterocycles. The number of urea groups is 1. The largest absolute Gasteiger partial charge is 0.497 e. The smallest absolute Gasteiger partial charge is 0.322 e. The summed E-state index contributed by atoms with van der Waals surface area (Å²) >= 11 is 0. The van der Waals surface area contributed by atoms with Gasteiger partial charge in [-0.25, -0.2) is 4.79 Å². The lowest BCUT2D eigenvalue weighted by atomic mass is 10.0. The van der Waals surface area contributed by atoms with E-state index in [0.717, 1.165) is 19.4 Å². The summed E-state index contributed by atoms with van der Waals surface area (Å²) in [6.45, 7) is 2.89. The molecule has 0 aliphatic carbocycles. The van der Waals surface area contributed by atoms with Gasteiger partial charge in [0.1, 0.15) is 11.5 Å². The van der Waals surface area contributed by atoms with Crippen LogP contribution < -0.4 is 14.8 Å². The van der Waals surface area contributed by atoms with Crippen LogP contribution in [0.25, 0.3) is 0 Å². The first kappa shape index (κ1) is 14.5. The van der Waals surface area contributed by atoms with Crippen molar-refractivity contribution >= 4 is 11.7 Å². The predicted octanol–water partition coefficient (Wildman–Crippen LogP) is 3.11. The molecule has 110 valence electrons. The fraction of sp³-hybridized carbons (Fsp3) is 0.533. The lowest BCUT2D eigenvalue weighted by molar-refractivity contribution is 0.170. The van der Waals surface area contributed by atoms with E-state index in [-0.39, 0.29) is 12.1 Å². The Morgan fingerprint density at radius 2 is 2.10 bits per heavy atom. The highest BCUT2D eigenvalue weighted by Crippen LogP contribution is 2.29. The summed E-state index contributed by atoms with van der Waals surface area (Å²) in [4.78, 5) is 14.2. The molecule has 0 saturated carbocycles. The standard InChI is InChI=1S/C15H22N2O3/c1-11-6-4-5-9-17(11)15(18)16-13-10-12(19-2)7-8-14(13)20-3/h7-8,10-11H,4-6,9H2,1-3H3,(H,16,18)/t11-/m1/s1. The maximum absolute atomic E-state index is 12.4. The van der Waals surface area contributed by atoms with Crippen molar-refractivity contribution in [3.8, 4) is 11.5 Å². The topological polar surface area (TPSA) is 50.8 Å². The quantitative estimate of drug-likeness (QED) is 0.924. The third kappa shape index (κ3) is 3.15. The summed E-state index contributed by atoms with van der Waals surface area (Å²) in [7, 11) is 3.18. The Labute approximate surface area is 119 Å². The molecule has 5 heteroatoms. The van der Waals surface area contributed by atoms with Crippen molar-refractivity contribution in [3.63, 3.8) is 0 Å². The van der Waals surface area contributed by atoms with Gasteiger partial charge >= 0.3 is 6.03 Å². The van der Waals surface area contributed by atoms with E-state index in [2.05, 4.69) is 12.2 Å². The molecular formula is C15H22N2O3. The van der Waals surface area contributed by atoms with Crippen LogP contribution in [0, 0.1) is 0 Å². The zero-order valence-corrected chi connectivity index (χ0v) is 12.3. The van der Waals surface area contributed by atoms with Crippen LogP contribution in [0.15, 0.2) is 18.2 Å². The van der Waals surface area contributed by atoms with Crippen molar-refractivity contribution in [2.45, 2.75) is 32.2 Å². The van der Waals surface area contributed by atoms with E-state index in [1.807, 2.05) is 4.90 Å². The third-order valence-electron chi connectivity index (χ3n) is 3.71. The molecule has 20 heavy (non-hydrogen) atoms. The molecule has 0 unspecified atom stereocenters. The van der Waals surface area contributed by atoms with Crippen LogP contribution in [0.2, 0.25) is 0 Å². The van der Waals surface area contributed by atoms with Crippen molar-refractivity contribution in [3.05, 3.63) is 18.2 Å². The fourth-order valence-corrected chi connectivity index (χ4v) is 2.50. The number of ether oxygens (including phenoxy) is 2. The lowest BCUT2D eigenvalue weighted by Crippen LogP contribution is -2.44. The molecule has 1 aliphatic rings. The van der Waals surface area contributed by atoms with E-state index in [9.17, 15) is 4.79 Å². The molecule has 0 bridgehead atoms. The van der Waals surface area contributed by atoms with Crippen molar-refractivity contribution in [1.82, 2.24) is 4.90 Å². The Morgan fingerprint density at radius 3 is 2.75 bits per heavy atom. The van der Waals surface area contributed by atoms with E-state index < -0.39 is 0 Å². The van der Waals surface area contributed by atoms with Gasteiger partial charge in [0.2, 0.25) is 0 Å². The number of hydrogen-bond donors (Lipinski definition) is 1. The van der Waals surface area contributed by atoms with E-state index >= 15 is 0 Å². The fourth-order valence-electron chi connectivity index (χ4n) is 2.50. The van der Waals surface area contributed by atoms with Gasteiger partial charge in [-0.05, 0) is 38.3 Å². The molecule has 5 nitrogen and oxygen atoms in total. The molecule has 1 fully saturated rings. The van der Waals surface area contributed by atoms with Crippen LogP contribution in [-0.4, -0.2) is 37.7 Å². The second kappa shape index (κ2) is 6.50. The van der Waals surface area contributed by atoms with Crippen LogP contribution >= 0.6 is 0 Å². The van der Waals surface area contributed by atoms with Gasteiger partial charge in [0.25, 0.3) is 0 Å². The summed E-state index contributed by atoms with van der Waals surface area (Å²) in [5, 5.41) is 2.92. The predicted molar refractivity (Wildman–Crippen MR) is 78.6 cm³/mol. The molecule has 2 rings (SSSR count). The van der Waals surface area contributed by atoms with Gasteiger partial charge in [-0.2, -0.15) is 0 Å². The average molecular weight is 278 g/mol. The first-order valence-corrected chi connectivity index (χ1v) is 6.95. The number of hydrogen-bond acceptors (Lipinski definition) is 3. The second-order valence-electron chi connectivity index (χ2n) is 5.03. The van der Waals surface area contributed by atoms with Gasteiger partial charge < -0.3 is 19.7 Å². The van der Waals surface area contributed by atoms with Crippen LogP contribution in [0.3, 0.4) is 0 Å². The normalized spacial score (nSPS) is 18.6. The number of carbonyl (C=O) groups excluding carboxylic acids is 1. The number of piperidine rings is 1. The minimum absolute atomic E-state index is 0.0799. The van der Waals surface area contributed by atoms with Crippen LogP contribution in [0.4, 0.5) is 10.5 Å². The highest BCUT2D eigenvalue weighted by atomic mass is 16.5. The van der Waals surface area contributed by atoms with E-state index in [1.54, 1.807) is 32.4 Å². The summed E-state index contributed by atoms with van der Waals surface area (Å²) in [6.07, 6.45) is 3.31. The maximum Gasteiger partial charge on any atom is 0.322 e. The number of rotatable bonds is 3. The highest BCUT2D eigenvalue weighted by molar-refractivity contribution is 5.91. The van der Waals surface area contributed by atoms with Crippen LogP contribution in [0.1, 0.15) is 26.2 Å². The number of methoxy groups -OCH3 is 2. The minimum atomic E-state index is -0.0799. The van der Waals surface area contributed by atoms with Gasteiger partial charge in [-0.15, -0.1) is 0 Å². The average Bonchev–Trinajstić information content (AvgIpc) is 2.47. The third-order valence-corrected chi connectivity index (χ3v) is 3.71. The molecule has 1 aromatic carbocycles. The maximum atomic E-state index is 12.4. The number of amides is 2. The Balaban J connectivity index is 2.13. The first-order chi connectivity index (χ1) is 9.65. The summed E-state index contributed by atoms with van der Waals surface area (Å²) in [5.74, 6) is 1.32. The van der Waals surface area contributed by atoms with Gasteiger partial charge in [0.05, 0.1) is 19.9 Å². The Bertz CT molecular complexity index is 476. The number of likely N-dealkylation sites (tertiary alicyclic amines) is 1. The van der Waals surface area contributed by atoms with Gasteiger partial charge in [0, 0.05) is 18.7 Å². The minimum Gasteiger partial charge on any atom is -0.497 e. The molecule has 1 heterocycles. The molecule has 0 radical (unpaired) electrons. The van der Waals surface area contributed by atoms with Crippen LogP contribution in [-0.2, 0) is 0 Å². The van der Waals surface area contributed by atoms with Crippen molar-refractivity contribution in [1.29, 1.82) is 0 Å². The molecule has 1 aromatic rings. The molecule has 1 saturated heterocycles. The van der Waals surface area contributed by atoms with E-state index in [0.29, 0.717) is 17.2 Å².